The molecule has 1 heterocycles. The Bertz CT molecular complexity index is 336. The number of thioether (sulfide) groups is 1. The second-order valence-electron chi connectivity index (χ2n) is 4.70. The number of aryl methyl sites for hydroxylation is 1. The van der Waals surface area contributed by atoms with E-state index in [9.17, 15) is 0 Å². The first-order valence-electron chi connectivity index (χ1n) is 6.04. The van der Waals surface area contributed by atoms with Crippen LogP contribution in [-0.2, 0) is 0 Å². The van der Waals surface area contributed by atoms with Crippen molar-refractivity contribution in [1.82, 2.24) is 5.32 Å². The lowest BCUT2D eigenvalue weighted by Gasteiger charge is -2.17. The van der Waals surface area contributed by atoms with Gasteiger partial charge < -0.3 is 9.73 Å². The molecule has 0 spiro atoms. The first kappa shape index (κ1) is 12.1. The Morgan fingerprint density at radius 2 is 2.25 bits per heavy atom. The average Bonchev–Trinajstić information content (AvgIpc) is 2.87. The largest absolute Gasteiger partial charge is 0.465 e. The second kappa shape index (κ2) is 5.28. The molecule has 3 atom stereocenters. The molecule has 0 saturated heterocycles. The number of rotatable bonds is 4. The minimum Gasteiger partial charge on any atom is -0.465 e. The Labute approximate surface area is 102 Å². The molecule has 3 heteroatoms. The van der Waals surface area contributed by atoms with Gasteiger partial charge in [0.15, 0.2) is 0 Å². The van der Waals surface area contributed by atoms with E-state index in [2.05, 4.69) is 24.6 Å². The molecule has 16 heavy (non-hydrogen) atoms. The first-order valence-corrected chi connectivity index (χ1v) is 7.33. The molecule has 1 saturated carbocycles. The Morgan fingerprint density at radius 1 is 1.44 bits per heavy atom. The van der Waals surface area contributed by atoms with Crippen molar-refractivity contribution >= 4 is 11.8 Å². The molecule has 1 aromatic heterocycles. The van der Waals surface area contributed by atoms with E-state index in [0.29, 0.717) is 12.1 Å². The smallest absolute Gasteiger partial charge is 0.120 e. The van der Waals surface area contributed by atoms with Crippen LogP contribution in [0.25, 0.3) is 0 Å². The van der Waals surface area contributed by atoms with Crippen molar-refractivity contribution < 1.29 is 4.42 Å². The fraction of sp³-hybridized carbons (Fsp3) is 0.692. The molecular formula is C13H21NOS. The molecule has 0 aromatic carbocycles. The van der Waals surface area contributed by atoms with Crippen molar-refractivity contribution in [2.24, 2.45) is 0 Å². The van der Waals surface area contributed by atoms with Crippen LogP contribution in [0.15, 0.2) is 16.5 Å². The van der Waals surface area contributed by atoms with Crippen molar-refractivity contribution in [3.63, 3.8) is 0 Å². The van der Waals surface area contributed by atoms with Gasteiger partial charge in [-0.1, -0.05) is 0 Å². The fourth-order valence-corrected chi connectivity index (χ4v) is 3.22. The monoisotopic (exact) mass is 239 g/mol. The predicted octanol–water partition coefficient (Wildman–Crippen LogP) is 3.52. The molecule has 1 aromatic rings. The van der Waals surface area contributed by atoms with Gasteiger partial charge in [-0.2, -0.15) is 11.8 Å². The van der Waals surface area contributed by atoms with Gasteiger partial charge >= 0.3 is 0 Å². The highest BCUT2D eigenvalue weighted by atomic mass is 32.2. The highest BCUT2D eigenvalue weighted by Gasteiger charge is 2.25. The maximum absolute atomic E-state index is 5.64. The van der Waals surface area contributed by atoms with Crippen LogP contribution in [0.2, 0.25) is 0 Å². The average molecular weight is 239 g/mol. The number of nitrogens with one attached hydrogen (secondary N) is 1. The van der Waals surface area contributed by atoms with Crippen LogP contribution in [-0.4, -0.2) is 17.5 Å². The van der Waals surface area contributed by atoms with E-state index >= 15 is 0 Å². The summed E-state index contributed by atoms with van der Waals surface area (Å²) in [5.74, 6) is 2.06. The lowest BCUT2D eigenvalue weighted by Crippen LogP contribution is -2.29. The summed E-state index contributed by atoms with van der Waals surface area (Å²) in [6.07, 6.45) is 6.16. The molecule has 1 N–H and O–H groups in total. The molecule has 0 aliphatic heterocycles. The van der Waals surface area contributed by atoms with Crippen LogP contribution < -0.4 is 5.32 Å². The van der Waals surface area contributed by atoms with Crippen molar-refractivity contribution in [3.8, 4) is 0 Å². The molecule has 1 fully saturated rings. The number of hydrogen-bond donors (Lipinski definition) is 1. The van der Waals surface area contributed by atoms with E-state index in [-0.39, 0.29) is 0 Å². The minimum absolute atomic E-state index is 0.333. The van der Waals surface area contributed by atoms with Crippen molar-refractivity contribution in [3.05, 3.63) is 23.7 Å². The summed E-state index contributed by atoms with van der Waals surface area (Å²) >= 11 is 2.00. The summed E-state index contributed by atoms with van der Waals surface area (Å²) in [5, 5.41) is 4.52. The zero-order valence-corrected chi connectivity index (χ0v) is 11.1. The summed E-state index contributed by atoms with van der Waals surface area (Å²) in [6.45, 7) is 4.18. The maximum Gasteiger partial charge on any atom is 0.120 e. The number of furan rings is 1. The molecule has 2 nitrogen and oxygen atoms in total. The van der Waals surface area contributed by atoms with Gasteiger partial charge in [0, 0.05) is 11.3 Å². The van der Waals surface area contributed by atoms with Gasteiger partial charge in [-0.25, -0.2) is 0 Å². The van der Waals surface area contributed by atoms with E-state index in [4.69, 9.17) is 4.42 Å². The Balaban J connectivity index is 1.86. The van der Waals surface area contributed by atoms with Gasteiger partial charge in [0.25, 0.3) is 0 Å². The second-order valence-corrected chi connectivity index (χ2v) is 5.84. The summed E-state index contributed by atoms with van der Waals surface area (Å²) in [5.41, 5.74) is 0. The highest BCUT2D eigenvalue weighted by Crippen LogP contribution is 2.29. The molecule has 1 aliphatic rings. The van der Waals surface area contributed by atoms with Gasteiger partial charge in [-0.05, 0) is 51.5 Å². The van der Waals surface area contributed by atoms with Crippen LogP contribution in [0.3, 0.4) is 0 Å². The normalized spacial score (nSPS) is 27.2. The third kappa shape index (κ3) is 2.83. The Kier molecular flexibility index (Phi) is 3.98. The first-order chi connectivity index (χ1) is 7.69. The van der Waals surface area contributed by atoms with Crippen molar-refractivity contribution in [1.29, 1.82) is 0 Å². The molecular weight excluding hydrogens is 218 g/mol. The molecule has 0 radical (unpaired) electrons. The number of hydrogen-bond acceptors (Lipinski definition) is 3. The zero-order valence-electron chi connectivity index (χ0n) is 10.3. The molecule has 0 bridgehead atoms. The van der Waals surface area contributed by atoms with Gasteiger partial charge in [0.2, 0.25) is 0 Å². The van der Waals surface area contributed by atoms with Crippen LogP contribution >= 0.6 is 11.8 Å². The topological polar surface area (TPSA) is 25.2 Å². The van der Waals surface area contributed by atoms with Gasteiger partial charge in [-0.3, -0.25) is 0 Å². The third-order valence-electron chi connectivity index (χ3n) is 3.39. The van der Waals surface area contributed by atoms with E-state index in [1.54, 1.807) is 0 Å². The molecule has 2 rings (SSSR count). The summed E-state index contributed by atoms with van der Waals surface area (Å²) in [7, 11) is 0. The summed E-state index contributed by atoms with van der Waals surface area (Å²) in [4.78, 5) is 0. The van der Waals surface area contributed by atoms with Crippen LogP contribution in [0.1, 0.15) is 43.7 Å². The molecule has 0 amide bonds. The van der Waals surface area contributed by atoms with E-state index in [1.165, 1.54) is 19.3 Å². The quantitative estimate of drug-likeness (QED) is 0.870. The van der Waals surface area contributed by atoms with Crippen LogP contribution in [0, 0.1) is 6.92 Å². The van der Waals surface area contributed by atoms with Gasteiger partial charge in [0.1, 0.15) is 11.5 Å². The van der Waals surface area contributed by atoms with Gasteiger partial charge in [-0.15, -0.1) is 0 Å². The zero-order chi connectivity index (χ0) is 11.5. The Morgan fingerprint density at radius 3 is 2.81 bits per heavy atom. The predicted molar refractivity (Wildman–Crippen MR) is 69.9 cm³/mol. The summed E-state index contributed by atoms with van der Waals surface area (Å²) < 4.78 is 5.64. The van der Waals surface area contributed by atoms with Crippen molar-refractivity contribution in [2.45, 2.75) is 50.4 Å². The minimum atomic E-state index is 0.333. The van der Waals surface area contributed by atoms with Crippen molar-refractivity contribution in [2.75, 3.05) is 6.26 Å². The SMILES string of the molecule is CS[C@H]1CC[C@@H](N[C@H](C)c2ccc(C)o2)C1. The third-order valence-corrected chi connectivity index (χ3v) is 4.49. The lowest BCUT2D eigenvalue weighted by molar-refractivity contribution is 0.381. The fourth-order valence-electron chi connectivity index (χ4n) is 2.43. The molecule has 90 valence electrons. The Hall–Kier alpha value is -0.410. The highest BCUT2D eigenvalue weighted by molar-refractivity contribution is 7.99. The van der Waals surface area contributed by atoms with Gasteiger partial charge in [0.05, 0.1) is 6.04 Å². The van der Waals surface area contributed by atoms with E-state index < -0.39 is 0 Å². The standard InChI is InChI=1S/C13H21NOS/c1-9-4-7-13(15-9)10(2)14-11-5-6-12(8-11)16-3/h4,7,10-12,14H,5-6,8H2,1-3H3/t10-,11-,12+/m1/s1. The lowest BCUT2D eigenvalue weighted by atomic mass is 10.2. The van der Waals surface area contributed by atoms with E-state index in [0.717, 1.165) is 16.8 Å². The molecule has 0 unspecified atom stereocenters. The maximum atomic E-state index is 5.64. The van der Waals surface area contributed by atoms with Crippen LogP contribution in [0.4, 0.5) is 0 Å². The van der Waals surface area contributed by atoms with E-state index in [1.807, 2.05) is 24.8 Å². The summed E-state index contributed by atoms with van der Waals surface area (Å²) in [6, 6.07) is 5.11. The molecule has 1 aliphatic carbocycles. The van der Waals surface area contributed by atoms with Crippen LogP contribution in [0.5, 0.6) is 0 Å².